The number of aromatic nitrogens is 1. The Morgan fingerprint density at radius 1 is 1.32 bits per heavy atom. The summed E-state index contributed by atoms with van der Waals surface area (Å²) < 4.78 is 27.7. The number of pyridine rings is 1. The maximum absolute atomic E-state index is 12.0. The van der Waals surface area contributed by atoms with Gasteiger partial charge in [0.05, 0.1) is 0 Å². The van der Waals surface area contributed by atoms with Gasteiger partial charge in [0.2, 0.25) is 0 Å². The number of hydrogen-bond donors (Lipinski definition) is 0. The molecule has 0 radical (unpaired) electrons. The molecule has 0 saturated carbocycles. The van der Waals surface area contributed by atoms with Crippen molar-refractivity contribution in [2.24, 2.45) is 0 Å². The first-order valence-corrected chi connectivity index (χ1v) is 8.40. The molecule has 5 nitrogen and oxygen atoms in total. The minimum Gasteiger partial charge on any atom is -0.246 e. The van der Waals surface area contributed by atoms with Gasteiger partial charge in [-0.15, -0.1) is 0 Å². The van der Waals surface area contributed by atoms with E-state index in [0.717, 1.165) is 23.1 Å². The lowest BCUT2D eigenvalue weighted by atomic mass is 9.94. The molecule has 0 spiro atoms. The van der Waals surface area contributed by atoms with E-state index in [1.165, 1.54) is 4.31 Å². The van der Waals surface area contributed by atoms with Crippen LogP contribution >= 0.6 is 15.9 Å². The molecule has 1 aromatic heterocycles. The van der Waals surface area contributed by atoms with Gasteiger partial charge in [0.1, 0.15) is 4.60 Å². The first kappa shape index (κ1) is 14.9. The second kappa shape index (κ2) is 5.87. The number of halogens is 1. The molecule has 106 valence electrons. The number of piperidine rings is 1. The third-order valence-corrected chi connectivity index (χ3v) is 5.78. The topological polar surface area (TPSA) is 53.5 Å². The fourth-order valence-electron chi connectivity index (χ4n) is 2.26. The van der Waals surface area contributed by atoms with Crippen molar-refractivity contribution in [1.29, 1.82) is 0 Å². The van der Waals surface area contributed by atoms with Gasteiger partial charge in [-0.05, 0) is 40.9 Å². The second-order valence-electron chi connectivity index (χ2n) is 4.85. The predicted molar refractivity (Wildman–Crippen MR) is 78.1 cm³/mol. The van der Waals surface area contributed by atoms with Gasteiger partial charge in [-0.2, -0.15) is 17.0 Å². The average molecular weight is 348 g/mol. The molecule has 0 bridgehead atoms. The molecule has 0 aliphatic carbocycles. The molecule has 1 aliphatic rings. The Balaban J connectivity index is 2.04. The monoisotopic (exact) mass is 347 g/mol. The maximum atomic E-state index is 12.0. The summed E-state index contributed by atoms with van der Waals surface area (Å²) in [5.41, 5.74) is 1.04. The van der Waals surface area contributed by atoms with Gasteiger partial charge >= 0.3 is 0 Å². The lowest BCUT2D eigenvalue weighted by Crippen LogP contribution is -2.44. The summed E-state index contributed by atoms with van der Waals surface area (Å²) in [6.45, 7) is 1.11. The van der Waals surface area contributed by atoms with Crippen molar-refractivity contribution in [1.82, 2.24) is 13.6 Å². The molecule has 0 unspecified atom stereocenters. The summed E-state index contributed by atoms with van der Waals surface area (Å²) in [6, 6.07) is 5.87. The molecule has 7 heteroatoms. The molecule has 0 aromatic carbocycles. The number of rotatable bonds is 3. The third-order valence-electron chi connectivity index (χ3n) is 3.40. The van der Waals surface area contributed by atoms with Crippen LogP contribution in [0.5, 0.6) is 0 Å². The Labute approximate surface area is 122 Å². The molecule has 0 N–H and O–H groups in total. The predicted octanol–water partition coefficient (Wildman–Crippen LogP) is 1.83. The van der Waals surface area contributed by atoms with Crippen LogP contribution in [0, 0.1) is 0 Å². The summed E-state index contributed by atoms with van der Waals surface area (Å²) in [5.74, 6) is 0.339. The first-order chi connectivity index (χ1) is 8.91. The van der Waals surface area contributed by atoms with E-state index in [0.29, 0.717) is 19.0 Å². The Morgan fingerprint density at radius 2 is 1.95 bits per heavy atom. The van der Waals surface area contributed by atoms with Gasteiger partial charge in [0, 0.05) is 38.8 Å². The minimum absolute atomic E-state index is 0.339. The van der Waals surface area contributed by atoms with Crippen molar-refractivity contribution in [3.63, 3.8) is 0 Å². The largest absolute Gasteiger partial charge is 0.281 e. The summed E-state index contributed by atoms with van der Waals surface area (Å²) in [5, 5.41) is 0. The van der Waals surface area contributed by atoms with Crippen molar-refractivity contribution >= 4 is 26.1 Å². The minimum atomic E-state index is -3.28. The highest BCUT2D eigenvalue weighted by Gasteiger charge is 2.30. The maximum Gasteiger partial charge on any atom is 0.281 e. The van der Waals surface area contributed by atoms with E-state index < -0.39 is 10.2 Å². The molecule has 1 aliphatic heterocycles. The normalized spacial score (nSPS) is 18.9. The van der Waals surface area contributed by atoms with E-state index in [9.17, 15) is 8.42 Å². The van der Waals surface area contributed by atoms with E-state index in [4.69, 9.17) is 0 Å². The lowest BCUT2D eigenvalue weighted by Gasteiger charge is -2.32. The lowest BCUT2D eigenvalue weighted by molar-refractivity contribution is 0.300. The molecular weight excluding hydrogens is 330 g/mol. The molecule has 1 fully saturated rings. The quantitative estimate of drug-likeness (QED) is 0.783. The van der Waals surface area contributed by atoms with Gasteiger partial charge in [0.25, 0.3) is 10.2 Å². The fourth-order valence-corrected chi connectivity index (χ4v) is 3.76. The van der Waals surface area contributed by atoms with Gasteiger partial charge in [-0.1, -0.05) is 6.07 Å². The van der Waals surface area contributed by atoms with Crippen LogP contribution in [-0.2, 0) is 10.2 Å². The summed E-state index contributed by atoms with van der Waals surface area (Å²) in [4.78, 5) is 4.46. The van der Waals surface area contributed by atoms with Crippen LogP contribution in [0.2, 0.25) is 0 Å². The molecule has 0 amide bonds. The van der Waals surface area contributed by atoms with E-state index in [2.05, 4.69) is 20.9 Å². The van der Waals surface area contributed by atoms with Gasteiger partial charge in [-0.3, -0.25) is 0 Å². The summed E-state index contributed by atoms with van der Waals surface area (Å²) in [6.07, 6.45) is 1.63. The van der Waals surface area contributed by atoms with E-state index in [1.54, 1.807) is 18.4 Å². The zero-order chi connectivity index (χ0) is 14.0. The van der Waals surface area contributed by atoms with Crippen molar-refractivity contribution in [2.75, 3.05) is 27.2 Å². The fraction of sp³-hybridized carbons (Fsp3) is 0.583. The molecular formula is C12H18BrN3O2S. The van der Waals surface area contributed by atoms with E-state index in [-0.39, 0.29) is 0 Å². The molecule has 19 heavy (non-hydrogen) atoms. The van der Waals surface area contributed by atoms with Crippen molar-refractivity contribution < 1.29 is 8.42 Å². The van der Waals surface area contributed by atoms with Crippen LogP contribution in [0.15, 0.2) is 22.8 Å². The van der Waals surface area contributed by atoms with Crippen LogP contribution in [-0.4, -0.2) is 49.2 Å². The summed E-state index contributed by atoms with van der Waals surface area (Å²) >= 11 is 3.37. The molecule has 1 aromatic rings. The zero-order valence-electron chi connectivity index (χ0n) is 11.1. The molecule has 2 heterocycles. The average Bonchev–Trinajstić information content (AvgIpc) is 2.38. The SMILES string of the molecule is CN(C)S(=O)(=O)N1CCC(c2cccc(Br)n2)CC1. The highest BCUT2D eigenvalue weighted by Crippen LogP contribution is 2.28. The van der Waals surface area contributed by atoms with E-state index >= 15 is 0 Å². The standard InChI is InChI=1S/C12H18BrN3O2S/c1-15(2)19(17,18)16-8-6-10(7-9-16)11-4-3-5-12(13)14-11/h3-5,10H,6-9H2,1-2H3. The van der Waals surface area contributed by atoms with Crippen LogP contribution < -0.4 is 0 Å². The van der Waals surface area contributed by atoms with Crippen LogP contribution in [0.4, 0.5) is 0 Å². The first-order valence-electron chi connectivity index (χ1n) is 6.21. The van der Waals surface area contributed by atoms with Crippen molar-refractivity contribution in [3.05, 3.63) is 28.5 Å². The van der Waals surface area contributed by atoms with Gasteiger partial charge < -0.3 is 0 Å². The van der Waals surface area contributed by atoms with Gasteiger partial charge in [0.15, 0.2) is 0 Å². The van der Waals surface area contributed by atoms with Crippen molar-refractivity contribution in [2.45, 2.75) is 18.8 Å². The Morgan fingerprint density at radius 3 is 2.47 bits per heavy atom. The smallest absolute Gasteiger partial charge is 0.246 e. The zero-order valence-corrected chi connectivity index (χ0v) is 13.5. The Bertz CT molecular complexity index is 540. The Hall–Kier alpha value is -0.500. The molecule has 2 rings (SSSR count). The van der Waals surface area contributed by atoms with Gasteiger partial charge in [-0.25, -0.2) is 4.98 Å². The van der Waals surface area contributed by atoms with Crippen LogP contribution in [0.1, 0.15) is 24.5 Å². The second-order valence-corrected chi connectivity index (χ2v) is 7.80. The summed E-state index contributed by atoms with van der Waals surface area (Å²) in [7, 11) is -0.143. The van der Waals surface area contributed by atoms with Crippen LogP contribution in [0.25, 0.3) is 0 Å². The molecule has 1 saturated heterocycles. The highest BCUT2D eigenvalue weighted by molar-refractivity contribution is 9.10. The third kappa shape index (κ3) is 3.34. The highest BCUT2D eigenvalue weighted by atomic mass is 79.9. The van der Waals surface area contributed by atoms with E-state index in [1.807, 2.05) is 18.2 Å². The molecule has 0 atom stereocenters. The van der Waals surface area contributed by atoms with Crippen LogP contribution in [0.3, 0.4) is 0 Å². The Kier molecular flexibility index (Phi) is 4.60. The number of hydrogen-bond acceptors (Lipinski definition) is 3. The number of nitrogens with zero attached hydrogens (tertiary/aromatic N) is 3. The van der Waals surface area contributed by atoms with Crippen molar-refractivity contribution in [3.8, 4) is 0 Å².